The smallest absolute Gasteiger partial charge is 0.346 e. The van der Waals surface area contributed by atoms with Crippen LogP contribution in [0.2, 0.25) is 0 Å². The number of aromatic carboxylic acids is 1. The molecule has 0 aliphatic carbocycles. The Bertz CT molecular complexity index is 572. The fourth-order valence-electron chi connectivity index (χ4n) is 1.52. The van der Waals surface area contributed by atoms with Crippen molar-refractivity contribution < 1.29 is 14.7 Å². The maximum Gasteiger partial charge on any atom is 0.346 e. The summed E-state index contributed by atoms with van der Waals surface area (Å²) < 4.78 is 0. The molecular formula is C12H9NO3S. The molecule has 0 saturated carbocycles. The zero-order valence-electron chi connectivity index (χ0n) is 8.71. The lowest BCUT2D eigenvalue weighted by molar-refractivity contribution is 0.0702. The topological polar surface area (TPSA) is 80.4 Å². The molecule has 0 aliphatic heterocycles. The van der Waals surface area contributed by atoms with Gasteiger partial charge in [-0.05, 0) is 29.1 Å². The second-order valence-corrected chi connectivity index (χ2v) is 4.33. The zero-order chi connectivity index (χ0) is 12.4. The Morgan fingerprint density at radius 3 is 2.29 bits per heavy atom. The molecule has 0 atom stereocenters. The molecule has 2 rings (SSSR count). The second kappa shape index (κ2) is 4.39. The van der Waals surface area contributed by atoms with Crippen molar-refractivity contribution >= 4 is 23.2 Å². The fraction of sp³-hybridized carbons (Fsp3) is 0. The van der Waals surface area contributed by atoms with Gasteiger partial charge >= 0.3 is 5.97 Å². The van der Waals surface area contributed by atoms with Gasteiger partial charge in [0.05, 0.1) is 0 Å². The number of hydrogen-bond acceptors (Lipinski definition) is 3. The van der Waals surface area contributed by atoms with Gasteiger partial charge in [-0.1, -0.05) is 12.1 Å². The molecule has 0 unspecified atom stereocenters. The summed E-state index contributed by atoms with van der Waals surface area (Å²) in [5.74, 6) is -1.45. The lowest BCUT2D eigenvalue weighted by Crippen LogP contribution is -2.10. The van der Waals surface area contributed by atoms with Gasteiger partial charge in [-0.15, -0.1) is 11.3 Å². The molecule has 0 spiro atoms. The fourth-order valence-corrected chi connectivity index (χ4v) is 2.27. The maximum absolute atomic E-state index is 11.0. The number of amides is 1. The highest BCUT2D eigenvalue weighted by molar-refractivity contribution is 7.12. The molecule has 1 aromatic carbocycles. The van der Waals surface area contributed by atoms with Crippen LogP contribution in [0.25, 0.3) is 11.1 Å². The van der Waals surface area contributed by atoms with E-state index in [1.54, 1.807) is 35.7 Å². The van der Waals surface area contributed by atoms with Crippen LogP contribution < -0.4 is 5.73 Å². The Morgan fingerprint density at radius 1 is 1.12 bits per heavy atom. The molecule has 0 aliphatic rings. The monoisotopic (exact) mass is 247 g/mol. The summed E-state index contributed by atoms with van der Waals surface area (Å²) in [5.41, 5.74) is 6.94. The first-order chi connectivity index (χ1) is 8.09. The van der Waals surface area contributed by atoms with Crippen LogP contribution in [0.5, 0.6) is 0 Å². The average Bonchev–Trinajstić information content (AvgIpc) is 2.78. The van der Waals surface area contributed by atoms with Gasteiger partial charge < -0.3 is 10.8 Å². The van der Waals surface area contributed by atoms with Gasteiger partial charge in [-0.2, -0.15) is 0 Å². The Morgan fingerprint density at radius 2 is 1.76 bits per heavy atom. The van der Waals surface area contributed by atoms with Crippen molar-refractivity contribution in [1.29, 1.82) is 0 Å². The van der Waals surface area contributed by atoms with Crippen molar-refractivity contribution in [3.8, 4) is 11.1 Å². The molecule has 86 valence electrons. The molecule has 0 radical (unpaired) electrons. The van der Waals surface area contributed by atoms with Crippen LogP contribution in [0, 0.1) is 0 Å². The number of nitrogens with two attached hydrogens (primary N) is 1. The lowest BCUT2D eigenvalue weighted by atomic mass is 10.0. The van der Waals surface area contributed by atoms with Gasteiger partial charge in [0.25, 0.3) is 0 Å². The first-order valence-corrected chi connectivity index (χ1v) is 5.68. The normalized spacial score (nSPS) is 10.1. The van der Waals surface area contributed by atoms with Crippen molar-refractivity contribution in [1.82, 2.24) is 0 Å². The van der Waals surface area contributed by atoms with Gasteiger partial charge in [0.15, 0.2) is 0 Å². The van der Waals surface area contributed by atoms with E-state index in [2.05, 4.69) is 0 Å². The van der Waals surface area contributed by atoms with Crippen LogP contribution in [-0.4, -0.2) is 17.0 Å². The Kier molecular flexibility index (Phi) is 2.93. The maximum atomic E-state index is 11.0. The Labute approximate surface area is 101 Å². The minimum absolute atomic E-state index is 0.289. The number of carboxylic acid groups (broad SMARTS) is 1. The second-order valence-electron chi connectivity index (χ2n) is 3.41. The molecule has 0 bridgehead atoms. The molecule has 1 amide bonds. The van der Waals surface area contributed by atoms with E-state index in [0.29, 0.717) is 11.1 Å². The summed E-state index contributed by atoms with van der Waals surface area (Å²) >= 11 is 1.17. The third kappa shape index (κ3) is 2.19. The third-order valence-corrected chi connectivity index (χ3v) is 3.24. The van der Waals surface area contributed by atoms with Crippen molar-refractivity contribution in [2.75, 3.05) is 0 Å². The molecule has 5 heteroatoms. The highest BCUT2D eigenvalue weighted by Gasteiger charge is 2.13. The van der Waals surface area contributed by atoms with E-state index in [9.17, 15) is 9.59 Å². The van der Waals surface area contributed by atoms with E-state index < -0.39 is 11.9 Å². The Balaban J connectivity index is 2.43. The molecule has 0 saturated heterocycles. The summed E-state index contributed by atoms with van der Waals surface area (Å²) in [6.45, 7) is 0. The number of carbonyl (C=O) groups excluding carboxylic acids is 1. The van der Waals surface area contributed by atoms with Crippen LogP contribution in [0.3, 0.4) is 0 Å². The van der Waals surface area contributed by atoms with Crippen molar-refractivity contribution in [3.05, 3.63) is 46.2 Å². The van der Waals surface area contributed by atoms with Gasteiger partial charge in [0.2, 0.25) is 5.91 Å². The summed E-state index contributed by atoms with van der Waals surface area (Å²) in [4.78, 5) is 22.2. The molecule has 3 N–H and O–H groups in total. The number of thiophene rings is 1. The van der Waals surface area contributed by atoms with Gasteiger partial charge in [0.1, 0.15) is 4.88 Å². The van der Waals surface area contributed by atoms with Crippen molar-refractivity contribution in [3.63, 3.8) is 0 Å². The summed E-state index contributed by atoms with van der Waals surface area (Å²) in [7, 11) is 0. The predicted octanol–water partition coefficient (Wildman–Crippen LogP) is 2.21. The molecule has 1 aromatic heterocycles. The first kappa shape index (κ1) is 11.3. The molecule has 0 fully saturated rings. The molecule has 17 heavy (non-hydrogen) atoms. The van der Waals surface area contributed by atoms with Gasteiger partial charge in [-0.3, -0.25) is 4.79 Å². The molecular weight excluding hydrogens is 238 g/mol. The summed E-state index contributed by atoms with van der Waals surface area (Å²) in [6, 6.07) is 8.29. The van der Waals surface area contributed by atoms with Crippen LogP contribution in [-0.2, 0) is 0 Å². The predicted molar refractivity (Wildman–Crippen MR) is 65.2 cm³/mol. The number of carbonyl (C=O) groups is 2. The number of rotatable bonds is 3. The summed E-state index contributed by atoms with van der Waals surface area (Å²) in [6.07, 6.45) is 0. The minimum Gasteiger partial charge on any atom is -0.477 e. The van der Waals surface area contributed by atoms with Crippen molar-refractivity contribution in [2.24, 2.45) is 5.73 Å². The molecule has 1 heterocycles. The van der Waals surface area contributed by atoms with E-state index in [1.807, 2.05) is 0 Å². The van der Waals surface area contributed by atoms with Gasteiger partial charge in [0, 0.05) is 11.1 Å². The summed E-state index contributed by atoms with van der Waals surface area (Å²) in [5, 5.41) is 10.7. The first-order valence-electron chi connectivity index (χ1n) is 4.80. The zero-order valence-corrected chi connectivity index (χ0v) is 9.53. The van der Waals surface area contributed by atoms with E-state index in [1.165, 1.54) is 11.3 Å². The van der Waals surface area contributed by atoms with E-state index in [4.69, 9.17) is 10.8 Å². The van der Waals surface area contributed by atoms with Gasteiger partial charge in [-0.25, -0.2) is 4.79 Å². The Hall–Kier alpha value is -2.14. The SMILES string of the molecule is NC(=O)c1ccc(-c2ccsc2C(=O)O)cc1. The van der Waals surface area contributed by atoms with E-state index in [0.717, 1.165) is 5.56 Å². The lowest BCUT2D eigenvalue weighted by Gasteiger charge is -2.01. The van der Waals surface area contributed by atoms with Crippen LogP contribution in [0.15, 0.2) is 35.7 Å². The minimum atomic E-state index is -0.950. The van der Waals surface area contributed by atoms with Crippen LogP contribution >= 0.6 is 11.3 Å². The average molecular weight is 247 g/mol. The standard InChI is InChI=1S/C12H9NO3S/c13-11(14)8-3-1-7(2-4-8)9-5-6-17-10(9)12(15)16/h1-6H,(H2,13,14)(H,15,16). The van der Waals surface area contributed by atoms with E-state index in [-0.39, 0.29) is 4.88 Å². The molecule has 4 nitrogen and oxygen atoms in total. The van der Waals surface area contributed by atoms with Crippen LogP contribution in [0.4, 0.5) is 0 Å². The quantitative estimate of drug-likeness (QED) is 0.872. The highest BCUT2D eigenvalue weighted by Crippen LogP contribution is 2.28. The third-order valence-electron chi connectivity index (χ3n) is 2.34. The van der Waals surface area contributed by atoms with Crippen molar-refractivity contribution in [2.45, 2.75) is 0 Å². The van der Waals surface area contributed by atoms with E-state index >= 15 is 0 Å². The largest absolute Gasteiger partial charge is 0.477 e. The number of carboxylic acids is 1. The molecule has 2 aromatic rings. The number of benzene rings is 1. The number of primary amides is 1. The van der Waals surface area contributed by atoms with Crippen LogP contribution in [0.1, 0.15) is 20.0 Å². The number of hydrogen-bond donors (Lipinski definition) is 2. The highest BCUT2D eigenvalue weighted by atomic mass is 32.1.